The number of amides is 1. The van der Waals surface area contributed by atoms with Crippen molar-refractivity contribution >= 4 is 39.1 Å². The first kappa shape index (κ1) is 16.3. The van der Waals surface area contributed by atoms with Gasteiger partial charge >= 0.3 is 5.97 Å². The van der Waals surface area contributed by atoms with Gasteiger partial charge in [0.15, 0.2) is 0 Å². The number of hydrogen-bond acceptors (Lipinski definition) is 6. The Kier molecular flexibility index (Phi) is 3.88. The topological polar surface area (TPSA) is 97.8 Å². The molecule has 1 aliphatic carbocycles. The van der Waals surface area contributed by atoms with Gasteiger partial charge < -0.3 is 19.9 Å². The maximum absolute atomic E-state index is 12.6. The molecule has 1 aliphatic heterocycles. The minimum Gasteiger partial charge on any atom is -0.494 e. The molecular weight excluding hydrogens is 344 g/mol. The molecule has 0 unspecified atom stereocenters. The number of thiazole rings is 1. The lowest BCUT2D eigenvalue weighted by atomic mass is 10.1. The predicted molar refractivity (Wildman–Crippen MR) is 92.0 cm³/mol. The van der Waals surface area contributed by atoms with E-state index in [-0.39, 0.29) is 23.7 Å². The van der Waals surface area contributed by atoms with Crippen molar-refractivity contribution in [2.24, 2.45) is 17.8 Å². The number of benzene rings is 1. The molecule has 0 spiro atoms. The van der Waals surface area contributed by atoms with E-state index in [1.807, 2.05) is 13.0 Å². The van der Waals surface area contributed by atoms with Crippen molar-refractivity contribution in [3.05, 3.63) is 17.1 Å². The van der Waals surface area contributed by atoms with Crippen molar-refractivity contribution in [1.29, 1.82) is 0 Å². The molecular formula is C17H18N2O5S. The number of carboxylic acid groups (broad SMARTS) is 1. The summed E-state index contributed by atoms with van der Waals surface area (Å²) in [5.74, 6) is -0.817. The van der Waals surface area contributed by atoms with Crippen LogP contribution in [0.25, 0.3) is 10.2 Å². The first-order valence-electron chi connectivity index (χ1n) is 8.08. The van der Waals surface area contributed by atoms with Crippen molar-refractivity contribution in [1.82, 2.24) is 4.98 Å². The van der Waals surface area contributed by atoms with E-state index in [2.05, 4.69) is 10.3 Å². The van der Waals surface area contributed by atoms with Crippen LogP contribution in [0.4, 0.5) is 5.69 Å². The van der Waals surface area contributed by atoms with Crippen molar-refractivity contribution in [3.63, 3.8) is 0 Å². The lowest BCUT2D eigenvalue weighted by Crippen LogP contribution is -2.34. The van der Waals surface area contributed by atoms with Crippen molar-refractivity contribution < 1.29 is 24.2 Å². The molecule has 25 heavy (non-hydrogen) atoms. The first-order valence-corrected chi connectivity index (χ1v) is 8.90. The highest BCUT2D eigenvalue weighted by Crippen LogP contribution is 2.52. The molecule has 1 saturated heterocycles. The zero-order valence-electron chi connectivity index (χ0n) is 13.8. The monoisotopic (exact) mass is 362 g/mol. The Morgan fingerprint density at radius 3 is 2.92 bits per heavy atom. The number of nitrogens with zero attached hydrogens (tertiary/aromatic N) is 1. The zero-order valence-corrected chi connectivity index (χ0v) is 14.6. The van der Waals surface area contributed by atoms with Crippen LogP contribution in [-0.4, -0.2) is 41.8 Å². The van der Waals surface area contributed by atoms with Crippen LogP contribution in [-0.2, 0) is 14.3 Å². The third-order valence-electron chi connectivity index (χ3n) is 4.96. The molecule has 1 aromatic heterocycles. The Morgan fingerprint density at radius 1 is 1.40 bits per heavy atom. The predicted octanol–water partition coefficient (Wildman–Crippen LogP) is 2.29. The van der Waals surface area contributed by atoms with Crippen LogP contribution in [0.3, 0.4) is 0 Å². The number of carbonyl (C=O) groups is 2. The van der Waals surface area contributed by atoms with Crippen LogP contribution >= 0.6 is 11.3 Å². The van der Waals surface area contributed by atoms with Gasteiger partial charge in [-0.1, -0.05) is 0 Å². The van der Waals surface area contributed by atoms with E-state index < -0.39 is 12.1 Å². The summed E-state index contributed by atoms with van der Waals surface area (Å²) in [7, 11) is 1.54. The molecule has 1 aromatic carbocycles. The summed E-state index contributed by atoms with van der Waals surface area (Å²) in [6.45, 7) is 2.25. The maximum Gasteiger partial charge on any atom is 0.307 e. The number of fused-ring (bicyclic) bond motifs is 2. The molecule has 2 N–H and O–H groups in total. The number of ether oxygens (including phenoxy) is 2. The van der Waals surface area contributed by atoms with E-state index in [1.165, 1.54) is 0 Å². The Bertz CT molecular complexity index is 864. The van der Waals surface area contributed by atoms with Crippen molar-refractivity contribution in [3.8, 4) is 5.75 Å². The molecule has 2 fully saturated rings. The second-order valence-electron chi connectivity index (χ2n) is 6.49. The van der Waals surface area contributed by atoms with Gasteiger partial charge in [-0.3, -0.25) is 9.59 Å². The average molecular weight is 362 g/mol. The second-order valence-corrected chi connectivity index (χ2v) is 7.73. The van der Waals surface area contributed by atoms with E-state index >= 15 is 0 Å². The lowest BCUT2D eigenvalue weighted by molar-refractivity contribution is -0.139. The summed E-state index contributed by atoms with van der Waals surface area (Å²) in [4.78, 5) is 28.1. The Balaban J connectivity index is 1.51. The number of carbonyl (C=O) groups excluding carboxylic acids is 1. The number of aromatic nitrogens is 1. The highest BCUT2D eigenvalue weighted by atomic mass is 32.1. The molecule has 132 valence electrons. The number of aryl methyl sites for hydroxylation is 1. The number of nitrogens with one attached hydrogen (secondary N) is 1. The van der Waals surface area contributed by atoms with Gasteiger partial charge in [-0.05, 0) is 31.2 Å². The largest absolute Gasteiger partial charge is 0.494 e. The summed E-state index contributed by atoms with van der Waals surface area (Å²) in [6, 6.07) is 3.65. The Hall–Kier alpha value is -2.19. The van der Waals surface area contributed by atoms with Gasteiger partial charge in [-0.25, -0.2) is 4.98 Å². The molecule has 4 rings (SSSR count). The molecule has 4 atom stereocenters. The van der Waals surface area contributed by atoms with Gasteiger partial charge in [0.2, 0.25) is 0 Å². The van der Waals surface area contributed by atoms with Crippen LogP contribution in [0, 0.1) is 24.7 Å². The number of methoxy groups -OCH3 is 1. The maximum atomic E-state index is 12.6. The average Bonchev–Trinajstić information content (AvgIpc) is 3.19. The summed E-state index contributed by atoms with van der Waals surface area (Å²) in [5, 5.41) is 12.9. The fourth-order valence-electron chi connectivity index (χ4n) is 3.63. The van der Waals surface area contributed by atoms with Crippen LogP contribution in [0.1, 0.15) is 11.4 Å². The molecule has 2 aliphatic rings. The van der Waals surface area contributed by atoms with E-state index in [9.17, 15) is 9.59 Å². The highest BCUT2D eigenvalue weighted by Gasteiger charge is 2.58. The smallest absolute Gasteiger partial charge is 0.307 e. The van der Waals surface area contributed by atoms with Gasteiger partial charge in [0.25, 0.3) is 5.91 Å². The zero-order chi connectivity index (χ0) is 17.7. The minimum atomic E-state index is -0.799. The summed E-state index contributed by atoms with van der Waals surface area (Å²) < 4.78 is 11.9. The van der Waals surface area contributed by atoms with Gasteiger partial charge in [0.05, 0.1) is 40.5 Å². The summed E-state index contributed by atoms with van der Waals surface area (Å²) in [5.41, 5.74) is 1.40. The molecule has 0 radical (unpaired) electrons. The SMILES string of the molecule is COc1cc2nc(C)sc2cc1NC(=O)[C@@H]1C[C@H]2[C@@H](CO1)[C@H]2C(=O)O. The fraction of sp³-hybridized carbons (Fsp3) is 0.471. The van der Waals surface area contributed by atoms with Gasteiger partial charge in [-0.15, -0.1) is 11.3 Å². The van der Waals surface area contributed by atoms with Crippen molar-refractivity contribution in [2.45, 2.75) is 19.4 Å². The van der Waals surface area contributed by atoms with Gasteiger partial charge in [-0.2, -0.15) is 0 Å². The minimum absolute atomic E-state index is 0.0375. The third kappa shape index (κ3) is 2.85. The standard InChI is InChI=1S/C17H18N2O5S/c1-7-18-11-4-12(23-2)10(5-14(11)25-7)19-16(20)13-3-8-9(6-24-13)15(8)17(21)22/h4-5,8-9,13,15H,3,6H2,1-2H3,(H,19,20)(H,21,22)/t8-,9+,13-,15-/m0/s1. The van der Waals surface area contributed by atoms with E-state index in [4.69, 9.17) is 14.6 Å². The summed E-state index contributed by atoms with van der Waals surface area (Å²) >= 11 is 1.54. The van der Waals surface area contributed by atoms with E-state index in [1.54, 1.807) is 24.5 Å². The number of rotatable bonds is 4. The lowest BCUT2D eigenvalue weighted by Gasteiger charge is -2.21. The summed E-state index contributed by atoms with van der Waals surface area (Å²) in [6.07, 6.45) is -0.188. The van der Waals surface area contributed by atoms with Gasteiger partial charge in [0.1, 0.15) is 11.9 Å². The van der Waals surface area contributed by atoms with Gasteiger partial charge in [0, 0.05) is 6.07 Å². The third-order valence-corrected chi connectivity index (χ3v) is 5.89. The normalized spacial score (nSPS) is 27.6. The Labute approximate surface area is 148 Å². The molecule has 7 nitrogen and oxygen atoms in total. The molecule has 1 amide bonds. The second kappa shape index (κ2) is 5.96. The molecule has 0 bridgehead atoms. The molecule has 8 heteroatoms. The van der Waals surface area contributed by atoms with Crippen LogP contribution in [0.2, 0.25) is 0 Å². The fourth-order valence-corrected chi connectivity index (χ4v) is 4.48. The van der Waals surface area contributed by atoms with E-state index in [0.29, 0.717) is 24.5 Å². The van der Waals surface area contributed by atoms with Crippen LogP contribution in [0.5, 0.6) is 5.75 Å². The molecule has 1 saturated carbocycles. The van der Waals surface area contributed by atoms with Crippen LogP contribution in [0.15, 0.2) is 12.1 Å². The molecule has 2 heterocycles. The van der Waals surface area contributed by atoms with E-state index in [0.717, 1.165) is 15.2 Å². The Morgan fingerprint density at radius 2 is 2.20 bits per heavy atom. The highest BCUT2D eigenvalue weighted by molar-refractivity contribution is 7.18. The number of anilines is 1. The van der Waals surface area contributed by atoms with Crippen molar-refractivity contribution in [2.75, 3.05) is 19.0 Å². The number of aliphatic carboxylic acids is 1. The molecule has 2 aromatic rings. The number of carboxylic acids is 1. The first-order chi connectivity index (χ1) is 12.0. The number of hydrogen-bond donors (Lipinski definition) is 2. The van der Waals surface area contributed by atoms with Crippen LogP contribution < -0.4 is 10.1 Å². The quantitative estimate of drug-likeness (QED) is 0.866.